The summed E-state index contributed by atoms with van der Waals surface area (Å²) in [5.74, 6) is 1.06. The second-order valence-electron chi connectivity index (χ2n) is 7.73. The fourth-order valence-electron chi connectivity index (χ4n) is 3.34. The first-order valence-electron chi connectivity index (χ1n) is 11.2. The predicted octanol–water partition coefficient (Wildman–Crippen LogP) is 5.79. The van der Waals surface area contributed by atoms with Crippen LogP contribution in [0.5, 0.6) is 5.75 Å². The third-order valence-corrected chi connectivity index (χ3v) is 5.24. The second kappa shape index (κ2) is 12.2. The Morgan fingerprint density at radius 1 is 0.886 bits per heavy atom. The van der Waals surface area contributed by atoms with Gasteiger partial charge in [-0.25, -0.2) is 0 Å². The lowest BCUT2D eigenvalue weighted by molar-refractivity contribution is -0.140. The van der Waals surface area contributed by atoms with Gasteiger partial charge in [0, 0.05) is 18.1 Å². The number of rotatable bonds is 11. The molecule has 1 heterocycles. The van der Waals surface area contributed by atoms with Gasteiger partial charge in [0.25, 0.3) is 0 Å². The molecule has 178 valence electrons. The van der Waals surface area contributed by atoms with Gasteiger partial charge in [-0.15, -0.1) is 0 Å². The zero-order valence-electron chi connectivity index (χ0n) is 19.4. The van der Waals surface area contributed by atoms with Gasteiger partial charge in [-0.3, -0.25) is 4.79 Å². The largest absolute Gasteiger partial charge is 0.486 e. The van der Waals surface area contributed by atoms with E-state index in [2.05, 4.69) is 10.3 Å². The van der Waals surface area contributed by atoms with Gasteiger partial charge < -0.3 is 18.8 Å². The van der Waals surface area contributed by atoms with E-state index in [1.54, 1.807) is 0 Å². The van der Waals surface area contributed by atoms with Crippen molar-refractivity contribution in [2.45, 2.75) is 26.1 Å². The van der Waals surface area contributed by atoms with Crippen molar-refractivity contribution in [1.82, 2.24) is 5.16 Å². The third-order valence-electron chi connectivity index (χ3n) is 5.24. The molecule has 0 saturated carbocycles. The van der Waals surface area contributed by atoms with E-state index in [0.717, 1.165) is 22.4 Å². The quantitative estimate of drug-likeness (QED) is 0.157. The molecule has 7 nitrogen and oxygen atoms in total. The molecule has 0 saturated heterocycles. The van der Waals surface area contributed by atoms with E-state index in [1.165, 1.54) is 7.11 Å². The average molecular weight is 471 g/mol. The SMILES string of the molecule is COC(=O)CC/C(=N\OCc1ccc(OCc2cc(-c3ccccc3)no2)cc1)c1ccccc1. The van der Waals surface area contributed by atoms with Crippen molar-refractivity contribution < 1.29 is 23.6 Å². The summed E-state index contributed by atoms with van der Waals surface area (Å²) in [5.41, 5.74) is 4.31. The number of carbonyl (C=O) groups excluding carboxylic acids is 1. The Bertz CT molecular complexity index is 1240. The molecule has 0 unspecified atom stereocenters. The summed E-state index contributed by atoms with van der Waals surface area (Å²) in [4.78, 5) is 17.1. The van der Waals surface area contributed by atoms with E-state index in [0.29, 0.717) is 23.6 Å². The van der Waals surface area contributed by atoms with Crippen LogP contribution in [-0.4, -0.2) is 23.9 Å². The summed E-state index contributed by atoms with van der Waals surface area (Å²) in [5, 5.41) is 8.38. The molecule has 0 aliphatic heterocycles. The minimum absolute atomic E-state index is 0.234. The number of hydrogen-bond donors (Lipinski definition) is 0. The molecule has 4 rings (SSSR count). The fraction of sp³-hybridized carbons (Fsp3) is 0.179. The highest BCUT2D eigenvalue weighted by Gasteiger charge is 2.09. The van der Waals surface area contributed by atoms with Gasteiger partial charge in [0.15, 0.2) is 5.76 Å². The number of benzene rings is 3. The van der Waals surface area contributed by atoms with Crippen molar-refractivity contribution in [3.8, 4) is 17.0 Å². The summed E-state index contributed by atoms with van der Waals surface area (Å²) in [6.07, 6.45) is 0.661. The highest BCUT2D eigenvalue weighted by atomic mass is 16.6. The van der Waals surface area contributed by atoms with Gasteiger partial charge >= 0.3 is 5.97 Å². The van der Waals surface area contributed by atoms with Crippen LogP contribution in [0.2, 0.25) is 0 Å². The topological polar surface area (TPSA) is 83.2 Å². The molecular formula is C28H26N2O5. The minimum Gasteiger partial charge on any atom is -0.486 e. The molecular weight excluding hydrogens is 444 g/mol. The number of ether oxygens (including phenoxy) is 2. The van der Waals surface area contributed by atoms with Crippen LogP contribution in [-0.2, 0) is 27.6 Å². The van der Waals surface area contributed by atoms with E-state index in [9.17, 15) is 4.79 Å². The fourth-order valence-corrected chi connectivity index (χ4v) is 3.34. The maximum atomic E-state index is 11.5. The summed E-state index contributed by atoms with van der Waals surface area (Å²) in [7, 11) is 1.37. The van der Waals surface area contributed by atoms with Crippen molar-refractivity contribution >= 4 is 11.7 Å². The van der Waals surface area contributed by atoms with Crippen LogP contribution in [0.4, 0.5) is 0 Å². The monoisotopic (exact) mass is 470 g/mol. The summed E-state index contributed by atoms with van der Waals surface area (Å²) in [6, 6.07) is 28.9. The van der Waals surface area contributed by atoms with Gasteiger partial charge in [0.2, 0.25) is 0 Å². The van der Waals surface area contributed by atoms with Crippen LogP contribution in [0.25, 0.3) is 11.3 Å². The van der Waals surface area contributed by atoms with Gasteiger partial charge in [-0.2, -0.15) is 0 Å². The molecule has 0 bridgehead atoms. The third kappa shape index (κ3) is 7.04. The molecule has 1 aromatic heterocycles. The van der Waals surface area contributed by atoms with Gasteiger partial charge in [-0.1, -0.05) is 83.1 Å². The van der Waals surface area contributed by atoms with Gasteiger partial charge in [-0.05, 0) is 23.3 Å². The van der Waals surface area contributed by atoms with Crippen LogP contribution in [0.15, 0.2) is 101 Å². The van der Waals surface area contributed by atoms with Crippen LogP contribution in [0.3, 0.4) is 0 Å². The molecule has 0 aliphatic rings. The molecule has 35 heavy (non-hydrogen) atoms. The maximum absolute atomic E-state index is 11.5. The van der Waals surface area contributed by atoms with Gasteiger partial charge in [0.05, 0.1) is 19.2 Å². The van der Waals surface area contributed by atoms with Crippen molar-refractivity contribution in [2.75, 3.05) is 7.11 Å². The smallest absolute Gasteiger partial charge is 0.305 e. The number of methoxy groups -OCH3 is 1. The zero-order chi connectivity index (χ0) is 24.3. The molecule has 4 aromatic rings. The van der Waals surface area contributed by atoms with Crippen LogP contribution < -0.4 is 4.74 Å². The molecule has 0 N–H and O–H groups in total. The molecule has 0 radical (unpaired) electrons. The lowest BCUT2D eigenvalue weighted by atomic mass is 10.1. The van der Waals surface area contributed by atoms with Crippen molar-refractivity contribution in [3.05, 3.63) is 108 Å². The Hall–Kier alpha value is -4.39. The lowest BCUT2D eigenvalue weighted by Crippen LogP contribution is -2.08. The standard InChI is InChI=1S/C28H26N2O5/c1-32-28(31)17-16-26(22-8-4-2-5-9-22)29-34-19-21-12-14-24(15-13-21)33-20-25-18-27(30-35-25)23-10-6-3-7-11-23/h2-15,18H,16-17,19-20H2,1H3/b29-26+. The van der Waals surface area contributed by atoms with Crippen LogP contribution in [0.1, 0.15) is 29.7 Å². The second-order valence-corrected chi connectivity index (χ2v) is 7.73. The van der Waals surface area contributed by atoms with E-state index in [4.69, 9.17) is 18.8 Å². The highest BCUT2D eigenvalue weighted by molar-refractivity contribution is 6.01. The molecule has 0 atom stereocenters. The molecule has 0 aliphatic carbocycles. The first-order chi connectivity index (χ1) is 17.2. The van der Waals surface area contributed by atoms with Crippen molar-refractivity contribution in [2.24, 2.45) is 5.16 Å². The lowest BCUT2D eigenvalue weighted by Gasteiger charge is -2.08. The highest BCUT2D eigenvalue weighted by Crippen LogP contribution is 2.20. The van der Waals surface area contributed by atoms with Crippen LogP contribution in [0, 0.1) is 0 Å². The van der Waals surface area contributed by atoms with E-state index in [1.807, 2.05) is 91.0 Å². The molecule has 7 heteroatoms. The number of hydrogen-bond acceptors (Lipinski definition) is 7. The van der Waals surface area contributed by atoms with Crippen LogP contribution >= 0.6 is 0 Å². The number of nitrogens with zero attached hydrogens (tertiary/aromatic N) is 2. The van der Waals surface area contributed by atoms with Crippen molar-refractivity contribution in [1.29, 1.82) is 0 Å². The first kappa shape index (κ1) is 23.8. The predicted molar refractivity (Wildman–Crippen MR) is 132 cm³/mol. The number of oxime groups is 1. The summed E-state index contributed by atoms with van der Waals surface area (Å²) >= 11 is 0. The summed E-state index contributed by atoms with van der Waals surface area (Å²) in [6.45, 7) is 0.567. The molecule has 0 spiro atoms. The van der Waals surface area contributed by atoms with Crippen molar-refractivity contribution in [3.63, 3.8) is 0 Å². The number of esters is 1. The normalized spacial score (nSPS) is 11.2. The number of carbonyl (C=O) groups is 1. The molecule has 0 amide bonds. The molecule has 0 fully saturated rings. The first-order valence-corrected chi connectivity index (χ1v) is 11.2. The Kier molecular flexibility index (Phi) is 8.27. The zero-order valence-corrected chi connectivity index (χ0v) is 19.4. The Balaban J connectivity index is 1.30. The number of aromatic nitrogens is 1. The Labute approximate surface area is 203 Å². The molecule has 3 aromatic carbocycles. The Morgan fingerprint density at radius 2 is 1.60 bits per heavy atom. The maximum Gasteiger partial charge on any atom is 0.305 e. The summed E-state index contributed by atoms with van der Waals surface area (Å²) < 4.78 is 15.9. The van der Waals surface area contributed by atoms with E-state index < -0.39 is 0 Å². The minimum atomic E-state index is -0.286. The van der Waals surface area contributed by atoms with Gasteiger partial charge in [0.1, 0.15) is 24.7 Å². The van der Waals surface area contributed by atoms with E-state index >= 15 is 0 Å². The average Bonchev–Trinajstić information content (AvgIpc) is 3.40. The Morgan fingerprint density at radius 3 is 2.31 bits per heavy atom. The van der Waals surface area contributed by atoms with E-state index in [-0.39, 0.29) is 25.6 Å².